The number of aliphatic carboxylic acids is 1. The number of carboxylic acids is 1. The highest BCUT2D eigenvalue weighted by Crippen LogP contribution is 1.96. The standard InChI is InChI=1S/C9H18N2O3/c1-4-7(9(13)14)11-8(12)6(2)5-10-3/h6-7,10H,4-5H2,1-3H3,(H,11,12)(H,13,14). The molecule has 0 radical (unpaired) electrons. The van der Waals surface area contributed by atoms with Gasteiger partial charge in [-0.1, -0.05) is 13.8 Å². The minimum atomic E-state index is -0.988. The van der Waals surface area contributed by atoms with Crippen LogP contribution in [0, 0.1) is 5.92 Å². The van der Waals surface area contributed by atoms with Gasteiger partial charge in [-0.25, -0.2) is 4.79 Å². The molecule has 5 heteroatoms. The summed E-state index contributed by atoms with van der Waals surface area (Å²) in [6.07, 6.45) is 0.396. The Morgan fingerprint density at radius 1 is 1.43 bits per heavy atom. The van der Waals surface area contributed by atoms with Crippen LogP contribution in [0.1, 0.15) is 20.3 Å². The van der Waals surface area contributed by atoms with Gasteiger partial charge in [0.2, 0.25) is 5.91 Å². The van der Waals surface area contributed by atoms with Crippen molar-refractivity contribution in [3.63, 3.8) is 0 Å². The van der Waals surface area contributed by atoms with Gasteiger partial charge in [-0.2, -0.15) is 0 Å². The first-order chi connectivity index (χ1) is 6.52. The number of carbonyl (C=O) groups is 2. The molecule has 0 rings (SSSR count). The van der Waals surface area contributed by atoms with Crippen molar-refractivity contribution in [1.29, 1.82) is 0 Å². The van der Waals surface area contributed by atoms with Gasteiger partial charge in [0.15, 0.2) is 0 Å². The average Bonchev–Trinajstić information content (AvgIpc) is 2.13. The number of hydrogen-bond donors (Lipinski definition) is 3. The van der Waals surface area contributed by atoms with E-state index >= 15 is 0 Å². The van der Waals surface area contributed by atoms with Crippen molar-refractivity contribution in [3.05, 3.63) is 0 Å². The lowest BCUT2D eigenvalue weighted by molar-refractivity contribution is -0.142. The lowest BCUT2D eigenvalue weighted by atomic mass is 10.1. The van der Waals surface area contributed by atoms with Crippen molar-refractivity contribution in [2.75, 3.05) is 13.6 Å². The third kappa shape index (κ3) is 4.23. The van der Waals surface area contributed by atoms with Gasteiger partial charge < -0.3 is 15.7 Å². The molecule has 0 heterocycles. The molecule has 0 aliphatic heterocycles. The van der Waals surface area contributed by atoms with E-state index in [1.807, 2.05) is 0 Å². The summed E-state index contributed by atoms with van der Waals surface area (Å²) in [6, 6.07) is -0.776. The zero-order valence-corrected chi connectivity index (χ0v) is 8.83. The molecule has 1 amide bonds. The molecule has 3 N–H and O–H groups in total. The molecule has 0 aliphatic carbocycles. The first-order valence-corrected chi connectivity index (χ1v) is 4.70. The Morgan fingerprint density at radius 3 is 2.36 bits per heavy atom. The van der Waals surface area contributed by atoms with Crippen LogP contribution in [0.4, 0.5) is 0 Å². The van der Waals surface area contributed by atoms with E-state index in [0.29, 0.717) is 13.0 Å². The van der Waals surface area contributed by atoms with Crippen molar-refractivity contribution in [1.82, 2.24) is 10.6 Å². The first-order valence-electron chi connectivity index (χ1n) is 4.70. The molecule has 14 heavy (non-hydrogen) atoms. The first kappa shape index (κ1) is 12.9. The summed E-state index contributed by atoms with van der Waals surface area (Å²) in [5.41, 5.74) is 0. The van der Waals surface area contributed by atoms with Gasteiger partial charge in [-0.3, -0.25) is 4.79 Å². The van der Waals surface area contributed by atoms with Crippen LogP contribution in [0.3, 0.4) is 0 Å². The molecule has 2 unspecified atom stereocenters. The second-order valence-electron chi connectivity index (χ2n) is 3.27. The summed E-state index contributed by atoms with van der Waals surface area (Å²) in [6.45, 7) is 4.02. The quantitative estimate of drug-likeness (QED) is 0.558. The second-order valence-corrected chi connectivity index (χ2v) is 3.27. The lowest BCUT2D eigenvalue weighted by Gasteiger charge is -2.16. The molecule has 82 valence electrons. The summed E-state index contributed by atoms with van der Waals surface area (Å²) in [4.78, 5) is 22.0. The predicted octanol–water partition coefficient (Wildman–Crippen LogP) is -0.179. The van der Waals surface area contributed by atoms with Gasteiger partial charge in [0.05, 0.1) is 0 Å². The van der Waals surface area contributed by atoms with E-state index in [9.17, 15) is 9.59 Å². The van der Waals surface area contributed by atoms with Crippen molar-refractivity contribution in [2.45, 2.75) is 26.3 Å². The Kier molecular flexibility index (Phi) is 5.87. The molecule has 0 aromatic rings. The highest BCUT2D eigenvalue weighted by atomic mass is 16.4. The molecule has 0 saturated carbocycles. The van der Waals surface area contributed by atoms with Gasteiger partial charge in [0.25, 0.3) is 0 Å². The monoisotopic (exact) mass is 202 g/mol. The molecular formula is C9H18N2O3. The van der Waals surface area contributed by atoms with Crippen LogP contribution in [0.15, 0.2) is 0 Å². The SMILES string of the molecule is CCC(NC(=O)C(C)CNC)C(=O)O. The molecule has 5 nitrogen and oxygen atoms in total. The molecule has 0 spiro atoms. The summed E-state index contributed by atoms with van der Waals surface area (Å²) in [5, 5.41) is 14.0. The van der Waals surface area contributed by atoms with Crippen LogP contribution in [-0.2, 0) is 9.59 Å². The fourth-order valence-corrected chi connectivity index (χ4v) is 1.05. The smallest absolute Gasteiger partial charge is 0.326 e. The Hall–Kier alpha value is -1.10. The molecule has 0 aromatic carbocycles. The zero-order valence-electron chi connectivity index (χ0n) is 8.83. The number of carboxylic acid groups (broad SMARTS) is 1. The maximum absolute atomic E-state index is 11.4. The van der Waals surface area contributed by atoms with Gasteiger partial charge in [0, 0.05) is 12.5 Å². The van der Waals surface area contributed by atoms with Crippen LogP contribution < -0.4 is 10.6 Å². The Balaban J connectivity index is 4.08. The zero-order chi connectivity index (χ0) is 11.1. The van der Waals surface area contributed by atoms with E-state index in [4.69, 9.17) is 5.11 Å². The molecule has 0 aromatic heterocycles. The van der Waals surface area contributed by atoms with Crippen molar-refractivity contribution < 1.29 is 14.7 Å². The molecule has 0 aliphatic rings. The van der Waals surface area contributed by atoms with E-state index in [1.54, 1.807) is 20.9 Å². The van der Waals surface area contributed by atoms with Crippen LogP contribution in [0.25, 0.3) is 0 Å². The highest BCUT2D eigenvalue weighted by molar-refractivity contribution is 5.84. The average molecular weight is 202 g/mol. The van der Waals surface area contributed by atoms with E-state index < -0.39 is 12.0 Å². The van der Waals surface area contributed by atoms with E-state index in [0.717, 1.165) is 0 Å². The fraction of sp³-hybridized carbons (Fsp3) is 0.778. The number of rotatable bonds is 6. The van der Waals surface area contributed by atoms with Gasteiger partial charge >= 0.3 is 5.97 Å². The second kappa shape index (κ2) is 6.37. The van der Waals surface area contributed by atoms with E-state index in [-0.39, 0.29) is 11.8 Å². The van der Waals surface area contributed by atoms with Crippen LogP contribution in [0.2, 0.25) is 0 Å². The van der Waals surface area contributed by atoms with Gasteiger partial charge in [0.1, 0.15) is 6.04 Å². The van der Waals surface area contributed by atoms with Gasteiger partial charge in [-0.05, 0) is 13.5 Å². The summed E-state index contributed by atoms with van der Waals surface area (Å²) < 4.78 is 0. The van der Waals surface area contributed by atoms with Crippen molar-refractivity contribution in [3.8, 4) is 0 Å². The minimum Gasteiger partial charge on any atom is -0.480 e. The van der Waals surface area contributed by atoms with E-state index in [2.05, 4.69) is 10.6 Å². The molecule has 2 atom stereocenters. The Labute approximate surface area is 83.9 Å². The Morgan fingerprint density at radius 2 is 2.00 bits per heavy atom. The van der Waals surface area contributed by atoms with Crippen LogP contribution in [-0.4, -0.2) is 36.6 Å². The molecule has 0 bridgehead atoms. The van der Waals surface area contributed by atoms with Crippen molar-refractivity contribution >= 4 is 11.9 Å². The molecule has 0 saturated heterocycles. The van der Waals surface area contributed by atoms with Crippen LogP contribution >= 0.6 is 0 Å². The number of nitrogens with one attached hydrogen (secondary N) is 2. The maximum atomic E-state index is 11.4. The fourth-order valence-electron chi connectivity index (χ4n) is 1.05. The van der Waals surface area contributed by atoms with Crippen LogP contribution in [0.5, 0.6) is 0 Å². The number of hydrogen-bond acceptors (Lipinski definition) is 3. The Bertz CT molecular complexity index is 206. The highest BCUT2D eigenvalue weighted by Gasteiger charge is 2.20. The topological polar surface area (TPSA) is 78.4 Å². The van der Waals surface area contributed by atoms with E-state index in [1.165, 1.54) is 0 Å². The number of carbonyl (C=O) groups excluding carboxylic acids is 1. The van der Waals surface area contributed by atoms with Gasteiger partial charge in [-0.15, -0.1) is 0 Å². The summed E-state index contributed by atoms with van der Waals surface area (Å²) in [5.74, 6) is -1.43. The maximum Gasteiger partial charge on any atom is 0.326 e. The predicted molar refractivity (Wildman–Crippen MR) is 52.9 cm³/mol. The molecule has 0 fully saturated rings. The third-order valence-electron chi connectivity index (χ3n) is 1.98. The normalized spacial score (nSPS) is 14.5. The largest absolute Gasteiger partial charge is 0.480 e. The third-order valence-corrected chi connectivity index (χ3v) is 1.98. The number of amides is 1. The minimum absolute atomic E-state index is 0.214. The molecular weight excluding hydrogens is 184 g/mol. The lowest BCUT2D eigenvalue weighted by Crippen LogP contribution is -2.44. The summed E-state index contributed by atoms with van der Waals surface area (Å²) >= 11 is 0. The summed E-state index contributed by atoms with van der Waals surface area (Å²) in [7, 11) is 1.75. The van der Waals surface area contributed by atoms with Crippen molar-refractivity contribution in [2.24, 2.45) is 5.92 Å².